The average molecular weight is 556 g/mol. The van der Waals surface area contributed by atoms with Crippen LogP contribution in [0.2, 0.25) is 10.0 Å². The molecule has 5 nitrogen and oxygen atoms in total. The maximum atomic E-state index is 13.5. The molecule has 3 aromatic carbocycles. The molecule has 6 rings (SSSR count). The second-order valence-electron chi connectivity index (χ2n) is 8.57. The third kappa shape index (κ3) is 4.94. The molecule has 6 aromatic rings. The Morgan fingerprint density at radius 2 is 1.61 bits per heavy atom. The minimum Gasteiger partial charge on any atom is -0.454 e. The topological polar surface area (TPSA) is 68.0 Å². The van der Waals surface area contributed by atoms with Crippen molar-refractivity contribution in [2.75, 3.05) is 5.32 Å². The molecular formula is C30H19Cl2N3O2S. The van der Waals surface area contributed by atoms with E-state index < -0.39 is 0 Å². The molecule has 0 unspecified atom stereocenters. The lowest BCUT2D eigenvalue weighted by molar-refractivity contribution is 0.102. The molecule has 0 bridgehead atoms. The van der Waals surface area contributed by atoms with Gasteiger partial charge in [0.1, 0.15) is 11.5 Å². The molecule has 1 amide bonds. The number of para-hydroxylation sites is 1. The zero-order valence-electron chi connectivity index (χ0n) is 19.8. The van der Waals surface area contributed by atoms with Gasteiger partial charge in [-0.05, 0) is 48.0 Å². The smallest absolute Gasteiger partial charge is 0.258 e. The Hall–Kier alpha value is -3.97. The van der Waals surface area contributed by atoms with Gasteiger partial charge in [0, 0.05) is 33.5 Å². The van der Waals surface area contributed by atoms with Crippen LogP contribution >= 0.6 is 34.5 Å². The molecule has 186 valence electrons. The predicted molar refractivity (Wildman–Crippen MR) is 154 cm³/mol. The molecule has 3 aromatic heterocycles. The number of furan rings is 1. The van der Waals surface area contributed by atoms with Gasteiger partial charge in [-0.25, -0.2) is 9.97 Å². The minimum absolute atomic E-state index is 0.277. The van der Waals surface area contributed by atoms with Crippen LogP contribution in [0.4, 0.5) is 5.13 Å². The second kappa shape index (κ2) is 10.4. The van der Waals surface area contributed by atoms with Crippen LogP contribution in [0, 0.1) is 0 Å². The van der Waals surface area contributed by atoms with E-state index in [1.165, 1.54) is 11.3 Å². The van der Waals surface area contributed by atoms with Crippen molar-refractivity contribution in [2.24, 2.45) is 0 Å². The highest BCUT2D eigenvalue weighted by atomic mass is 35.5. The summed E-state index contributed by atoms with van der Waals surface area (Å²) in [5.74, 6) is 0.887. The number of carbonyl (C=O) groups is 1. The first-order valence-corrected chi connectivity index (χ1v) is 13.4. The van der Waals surface area contributed by atoms with Gasteiger partial charge in [0.2, 0.25) is 0 Å². The summed E-state index contributed by atoms with van der Waals surface area (Å²) < 4.78 is 6.11. The lowest BCUT2D eigenvalue weighted by Gasteiger charge is -2.08. The largest absolute Gasteiger partial charge is 0.454 e. The van der Waals surface area contributed by atoms with E-state index in [0.717, 1.165) is 21.4 Å². The van der Waals surface area contributed by atoms with Crippen molar-refractivity contribution in [3.8, 4) is 22.8 Å². The number of benzene rings is 3. The van der Waals surface area contributed by atoms with Crippen LogP contribution in [0.25, 0.3) is 33.7 Å². The number of hydrogen-bond donors (Lipinski definition) is 1. The lowest BCUT2D eigenvalue weighted by Crippen LogP contribution is -2.12. The van der Waals surface area contributed by atoms with E-state index >= 15 is 0 Å². The highest BCUT2D eigenvalue weighted by Crippen LogP contribution is 2.34. The highest BCUT2D eigenvalue weighted by molar-refractivity contribution is 7.15. The molecule has 0 aliphatic rings. The van der Waals surface area contributed by atoms with Crippen molar-refractivity contribution in [3.05, 3.63) is 123 Å². The van der Waals surface area contributed by atoms with Crippen LogP contribution in [0.5, 0.6) is 0 Å². The van der Waals surface area contributed by atoms with Crippen molar-refractivity contribution in [3.63, 3.8) is 0 Å². The van der Waals surface area contributed by atoms with Crippen molar-refractivity contribution < 1.29 is 9.21 Å². The van der Waals surface area contributed by atoms with Crippen LogP contribution in [0.3, 0.4) is 0 Å². The number of aromatic nitrogens is 2. The van der Waals surface area contributed by atoms with Crippen LogP contribution in [-0.2, 0) is 6.42 Å². The third-order valence-corrected chi connectivity index (χ3v) is 7.67. The molecule has 0 aliphatic heterocycles. The zero-order valence-corrected chi connectivity index (χ0v) is 22.1. The SMILES string of the molecule is O=C(Nc1ncc(Cc2ccccc2Cl)s1)c1cc(-c2ccc(-c3ccccc3Cl)o2)nc2ccccc12. The Kier molecular flexibility index (Phi) is 6.68. The molecule has 0 saturated heterocycles. The van der Waals surface area contributed by atoms with Gasteiger partial charge in [-0.1, -0.05) is 71.7 Å². The van der Waals surface area contributed by atoms with E-state index in [9.17, 15) is 4.79 Å². The molecule has 3 heterocycles. The van der Waals surface area contributed by atoms with E-state index in [1.807, 2.05) is 84.9 Å². The second-order valence-corrected chi connectivity index (χ2v) is 10.5. The Bertz CT molecular complexity index is 1790. The van der Waals surface area contributed by atoms with Gasteiger partial charge in [-0.3, -0.25) is 10.1 Å². The Morgan fingerprint density at radius 3 is 2.45 bits per heavy atom. The van der Waals surface area contributed by atoms with Crippen molar-refractivity contribution in [1.29, 1.82) is 0 Å². The van der Waals surface area contributed by atoms with Gasteiger partial charge in [0.05, 0.1) is 16.1 Å². The number of pyridine rings is 1. The van der Waals surface area contributed by atoms with E-state index in [-0.39, 0.29) is 5.91 Å². The first-order chi connectivity index (χ1) is 18.5. The maximum absolute atomic E-state index is 13.5. The Balaban J connectivity index is 1.30. The fourth-order valence-corrected chi connectivity index (χ4v) is 5.47. The number of nitrogens with zero attached hydrogens (tertiary/aromatic N) is 2. The van der Waals surface area contributed by atoms with Crippen molar-refractivity contribution in [1.82, 2.24) is 9.97 Å². The van der Waals surface area contributed by atoms with Crippen LogP contribution in [0.15, 0.2) is 102 Å². The minimum atomic E-state index is -0.277. The molecule has 0 fully saturated rings. The standard InChI is InChI=1S/C30H19Cl2N3O2S/c31-23-10-4-1-7-18(23)15-19-17-33-30(38-19)35-29(36)22-16-26(34-25-12-6-3-8-20(22)25)28-14-13-27(37-28)21-9-2-5-11-24(21)32/h1-14,16-17H,15H2,(H,33,35,36). The van der Waals surface area contributed by atoms with E-state index in [0.29, 0.717) is 49.9 Å². The molecule has 1 N–H and O–H groups in total. The molecular weight excluding hydrogens is 537 g/mol. The van der Waals surface area contributed by atoms with Gasteiger partial charge >= 0.3 is 0 Å². The number of hydrogen-bond acceptors (Lipinski definition) is 5. The average Bonchev–Trinajstić information content (AvgIpc) is 3.60. The summed E-state index contributed by atoms with van der Waals surface area (Å²) in [7, 11) is 0. The molecule has 38 heavy (non-hydrogen) atoms. The van der Waals surface area contributed by atoms with Gasteiger partial charge in [0.25, 0.3) is 5.91 Å². The lowest BCUT2D eigenvalue weighted by atomic mass is 10.1. The fraction of sp³-hybridized carbons (Fsp3) is 0.0333. The Morgan fingerprint density at radius 1 is 0.868 bits per heavy atom. The van der Waals surface area contributed by atoms with Gasteiger partial charge in [-0.15, -0.1) is 11.3 Å². The van der Waals surface area contributed by atoms with Gasteiger partial charge < -0.3 is 4.42 Å². The van der Waals surface area contributed by atoms with E-state index in [2.05, 4.69) is 10.3 Å². The number of fused-ring (bicyclic) bond motifs is 1. The van der Waals surface area contributed by atoms with Crippen LogP contribution in [-0.4, -0.2) is 15.9 Å². The highest BCUT2D eigenvalue weighted by Gasteiger charge is 2.18. The Labute approximate surface area is 232 Å². The van der Waals surface area contributed by atoms with E-state index in [4.69, 9.17) is 32.6 Å². The molecule has 0 radical (unpaired) electrons. The fourth-order valence-electron chi connectivity index (χ4n) is 4.21. The van der Waals surface area contributed by atoms with Crippen LogP contribution in [0.1, 0.15) is 20.8 Å². The molecule has 0 atom stereocenters. The summed E-state index contributed by atoms with van der Waals surface area (Å²) in [4.78, 5) is 23.6. The molecule has 0 aliphatic carbocycles. The number of halogens is 2. The van der Waals surface area contributed by atoms with Crippen LogP contribution < -0.4 is 5.32 Å². The number of anilines is 1. The number of rotatable bonds is 6. The molecule has 0 spiro atoms. The van der Waals surface area contributed by atoms with Gasteiger partial charge in [0.15, 0.2) is 10.9 Å². The number of carbonyl (C=O) groups excluding carboxylic acids is 1. The number of thiazole rings is 1. The summed E-state index contributed by atoms with van der Waals surface area (Å²) in [6.45, 7) is 0. The summed E-state index contributed by atoms with van der Waals surface area (Å²) in [6, 6.07) is 28.1. The number of nitrogens with one attached hydrogen (secondary N) is 1. The monoisotopic (exact) mass is 555 g/mol. The zero-order chi connectivity index (χ0) is 26.1. The first-order valence-electron chi connectivity index (χ1n) is 11.8. The van der Waals surface area contributed by atoms with Crippen molar-refractivity contribution >= 4 is 56.5 Å². The van der Waals surface area contributed by atoms with E-state index in [1.54, 1.807) is 12.3 Å². The molecule has 0 saturated carbocycles. The summed E-state index contributed by atoms with van der Waals surface area (Å²) >= 11 is 14.1. The summed E-state index contributed by atoms with van der Waals surface area (Å²) in [5, 5.41) is 5.50. The third-order valence-electron chi connectivity index (χ3n) is 6.06. The summed E-state index contributed by atoms with van der Waals surface area (Å²) in [5.41, 5.74) is 3.50. The normalized spacial score (nSPS) is 11.1. The predicted octanol–water partition coefficient (Wildman–Crippen LogP) is 8.77. The maximum Gasteiger partial charge on any atom is 0.258 e. The summed E-state index contributed by atoms with van der Waals surface area (Å²) in [6.07, 6.45) is 2.40. The van der Waals surface area contributed by atoms with Gasteiger partial charge in [-0.2, -0.15) is 0 Å². The quantitative estimate of drug-likeness (QED) is 0.223. The first kappa shape index (κ1) is 24.4. The molecule has 8 heteroatoms. The number of amides is 1. The van der Waals surface area contributed by atoms with Crippen molar-refractivity contribution in [2.45, 2.75) is 6.42 Å².